The van der Waals surface area contributed by atoms with Crippen LogP contribution < -0.4 is 5.73 Å². The molecule has 0 unspecified atom stereocenters. The molecule has 0 atom stereocenters. The zero-order valence-electron chi connectivity index (χ0n) is 8.41. The normalized spacial score (nSPS) is 10.5. The van der Waals surface area contributed by atoms with Crippen LogP contribution in [0.2, 0.25) is 0 Å². The number of nitrogens with two attached hydrogens (primary N) is 1. The molecule has 1 heterocycles. The van der Waals surface area contributed by atoms with Crippen molar-refractivity contribution in [3.8, 4) is 11.1 Å². The van der Waals surface area contributed by atoms with Crippen molar-refractivity contribution >= 4 is 23.0 Å². The molecule has 3 N–H and O–H groups in total. The lowest BCUT2D eigenvalue weighted by Gasteiger charge is -2.04. The average molecular weight is 255 g/mol. The van der Waals surface area contributed by atoms with Crippen LogP contribution >= 0.6 is 11.3 Å². The number of carboxylic acid groups (broad SMARTS) is 1. The summed E-state index contributed by atoms with van der Waals surface area (Å²) < 4.78 is 26.2. The van der Waals surface area contributed by atoms with Gasteiger partial charge in [0.2, 0.25) is 0 Å². The molecule has 0 saturated carbocycles. The van der Waals surface area contributed by atoms with Crippen molar-refractivity contribution in [3.05, 3.63) is 40.1 Å². The summed E-state index contributed by atoms with van der Waals surface area (Å²) in [6.45, 7) is 0. The number of hydrogen-bond acceptors (Lipinski definition) is 3. The highest BCUT2D eigenvalue weighted by Crippen LogP contribution is 2.31. The number of anilines is 1. The van der Waals surface area contributed by atoms with Gasteiger partial charge in [-0.05, 0) is 29.1 Å². The maximum Gasteiger partial charge on any atom is 0.346 e. The van der Waals surface area contributed by atoms with Crippen molar-refractivity contribution in [3.63, 3.8) is 0 Å². The summed E-state index contributed by atoms with van der Waals surface area (Å²) in [5, 5.41) is 10.5. The zero-order valence-corrected chi connectivity index (χ0v) is 9.22. The van der Waals surface area contributed by atoms with Crippen LogP contribution in [0, 0.1) is 11.6 Å². The summed E-state index contributed by atoms with van der Waals surface area (Å²) in [5.74, 6) is -3.33. The van der Waals surface area contributed by atoms with E-state index in [1.54, 1.807) is 5.38 Å². The lowest BCUT2D eigenvalue weighted by atomic mass is 10.1. The molecule has 0 radical (unpaired) electrons. The molecular formula is C11H7F2NO2S. The molecule has 0 aliphatic heterocycles. The molecule has 0 fully saturated rings. The fourth-order valence-electron chi connectivity index (χ4n) is 1.47. The van der Waals surface area contributed by atoms with E-state index in [-0.39, 0.29) is 16.1 Å². The Bertz CT molecular complexity index is 572. The van der Waals surface area contributed by atoms with Crippen LogP contribution in [0.15, 0.2) is 23.6 Å². The Labute approximate surface area is 99.1 Å². The van der Waals surface area contributed by atoms with E-state index in [2.05, 4.69) is 0 Å². The first-order valence-electron chi connectivity index (χ1n) is 4.56. The Balaban J connectivity index is 2.61. The SMILES string of the molecule is Nc1cc(-c2ccsc2C(=O)O)cc(F)c1F. The third-order valence-corrected chi connectivity index (χ3v) is 3.13. The second-order valence-electron chi connectivity index (χ2n) is 3.33. The minimum Gasteiger partial charge on any atom is -0.477 e. The molecule has 0 amide bonds. The lowest BCUT2D eigenvalue weighted by Crippen LogP contribution is -1.98. The summed E-state index contributed by atoms with van der Waals surface area (Å²) in [6.07, 6.45) is 0. The van der Waals surface area contributed by atoms with Crippen LogP contribution in [-0.4, -0.2) is 11.1 Å². The highest BCUT2D eigenvalue weighted by Gasteiger charge is 2.16. The first-order valence-corrected chi connectivity index (χ1v) is 5.44. The van der Waals surface area contributed by atoms with Gasteiger partial charge < -0.3 is 10.8 Å². The van der Waals surface area contributed by atoms with Gasteiger partial charge in [0.25, 0.3) is 0 Å². The summed E-state index contributed by atoms with van der Waals surface area (Å²) in [6, 6.07) is 3.67. The molecule has 88 valence electrons. The van der Waals surface area contributed by atoms with Gasteiger partial charge in [-0.25, -0.2) is 13.6 Å². The molecule has 17 heavy (non-hydrogen) atoms. The molecule has 2 aromatic rings. The van der Waals surface area contributed by atoms with E-state index in [4.69, 9.17) is 10.8 Å². The van der Waals surface area contributed by atoms with Gasteiger partial charge in [-0.15, -0.1) is 11.3 Å². The van der Waals surface area contributed by atoms with E-state index < -0.39 is 17.6 Å². The Morgan fingerprint density at radius 1 is 1.35 bits per heavy atom. The molecule has 0 aliphatic carbocycles. The van der Waals surface area contributed by atoms with Crippen LogP contribution in [0.1, 0.15) is 9.67 Å². The van der Waals surface area contributed by atoms with Gasteiger partial charge in [0.05, 0.1) is 5.69 Å². The second-order valence-corrected chi connectivity index (χ2v) is 4.25. The fraction of sp³-hybridized carbons (Fsp3) is 0. The number of aromatic carboxylic acids is 1. The standard InChI is InChI=1S/C11H7F2NO2S/c12-7-3-5(4-8(14)9(7)13)6-1-2-17-10(6)11(15)16/h1-4H,14H2,(H,15,16). The molecule has 0 bridgehead atoms. The number of benzene rings is 1. The smallest absolute Gasteiger partial charge is 0.346 e. The van der Waals surface area contributed by atoms with Crippen molar-refractivity contribution in [1.82, 2.24) is 0 Å². The first kappa shape index (κ1) is 11.5. The van der Waals surface area contributed by atoms with Crippen LogP contribution in [0.5, 0.6) is 0 Å². The summed E-state index contributed by atoms with van der Waals surface area (Å²) >= 11 is 1.01. The highest BCUT2D eigenvalue weighted by molar-refractivity contribution is 7.12. The van der Waals surface area contributed by atoms with Crippen LogP contribution in [0.25, 0.3) is 11.1 Å². The van der Waals surface area contributed by atoms with Crippen molar-refractivity contribution in [2.45, 2.75) is 0 Å². The third kappa shape index (κ3) is 1.99. The minimum atomic E-state index is -1.12. The quantitative estimate of drug-likeness (QED) is 0.811. The van der Waals surface area contributed by atoms with E-state index >= 15 is 0 Å². The largest absolute Gasteiger partial charge is 0.477 e. The first-order chi connectivity index (χ1) is 8.00. The number of halogens is 2. The van der Waals surface area contributed by atoms with E-state index in [0.29, 0.717) is 5.56 Å². The van der Waals surface area contributed by atoms with Crippen molar-refractivity contribution in [2.75, 3.05) is 5.73 Å². The molecule has 2 rings (SSSR count). The summed E-state index contributed by atoms with van der Waals surface area (Å²) in [5.41, 5.74) is 5.53. The number of rotatable bonds is 2. The average Bonchev–Trinajstić information content (AvgIpc) is 2.74. The van der Waals surface area contributed by atoms with E-state index in [1.165, 1.54) is 12.1 Å². The molecule has 6 heteroatoms. The molecule has 0 aliphatic rings. The van der Waals surface area contributed by atoms with Crippen LogP contribution in [0.3, 0.4) is 0 Å². The van der Waals surface area contributed by atoms with Crippen molar-refractivity contribution in [2.24, 2.45) is 0 Å². The second kappa shape index (κ2) is 4.14. The van der Waals surface area contributed by atoms with Gasteiger partial charge in [-0.3, -0.25) is 0 Å². The Morgan fingerprint density at radius 3 is 2.65 bits per heavy atom. The number of thiophene rings is 1. The lowest BCUT2D eigenvalue weighted by molar-refractivity contribution is 0.0703. The molecule has 3 nitrogen and oxygen atoms in total. The van der Waals surface area contributed by atoms with Gasteiger partial charge in [-0.1, -0.05) is 0 Å². The maximum atomic E-state index is 13.2. The van der Waals surface area contributed by atoms with Gasteiger partial charge >= 0.3 is 5.97 Å². The zero-order chi connectivity index (χ0) is 12.6. The van der Waals surface area contributed by atoms with Crippen LogP contribution in [0.4, 0.5) is 14.5 Å². The van der Waals surface area contributed by atoms with E-state index in [0.717, 1.165) is 17.4 Å². The highest BCUT2D eigenvalue weighted by atomic mass is 32.1. The van der Waals surface area contributed by atoms with Gasteiger partial charge in [0.15, 0.2) is 11.6 Å². The molecule has 0 spiro atoms. The molecule has 0 saturated heterocycles. The number of carbonyl (C=O) groups is 1. The Morgan fingerprint density at radius 2 is 2.06 bits per heavy atom. The van der Waals surface area contributed by atoms with Gasteiger partial charge in [0.1, 0.15) is 4.88 Å². The topological polar surface area (TPSA) is 63.3 Å². The molecule has 1 aromatic heterocycles. The predicted octanol–water partition coefficient (Wildman–Crippen LogP) is 2.97. The number of carboxylic acids is 1. The summed E-state index contributed by atoms with van der Waals surface area (Å²) in [7, 11) is 0. The predicted molar refractivity (Wildman–Crippen MR) is 61.0 cm³/mol. The number of nitrogen functional groups attached to an aromatic ring is 1. The van der Waals surface area contributed by atoms with Gasteiger partial charge in [0, 0.05) is 5.56 Å². The Kier molecular flexibility index (Phi) is 2.81. The monoisotopic (exact) mass is 255 g/mol. The third-order valence-electron chi connectivity index (χ3n) is 2.23. The maximum absolute atomic E-state index is 13.2. The van der Waals surface area contributed by atoms with Crippen molar-refractivity contribution < 1.29 is 18.7 Å². The number of hydrogen-bond donors (Lipinski definition) is 2. The van der Waals surface area contributed by atoms with Crippen LogP contribution in [-0.2, 0) is 0 Å². The minimum absolute atomic E-state index is 0.0652. The molecular weight excluding hydrogens is 248 g/mol. The Hall–Kier alpha value is -1.95. The fourth-order valence-corrected chi connectivity index (χ4v) is 2.22. The van der Waals surface area contributed by atoms with Crippen molar-refractivity contribution in [1.29, 1.82) is 0 Å². The molecule has 1 aromatic carbocycles. The van der Waals surface area contributed by atoms with E-state index in [9.17, 15) is 13.6 Å². The van der Waals surface area contributed by atoms with Gasteiger partial charge in [-0.2, -0.15) is 0 Å². The van der Waals surface area contributed by atoms with E-state index in [1.807, 2.05) is 0 Å². The summed E-state index contributed by atoms with van der Waals surface area (Å²) in [4.78, 5) is 11.0.